The van der Waals surface area contributed by atoms with Gasteiger partial charge in [-0.2, -0.15) is 0 Å². The number of hydrogen-bond donors (Lipinski definition) is 1. The number of nitrogens with zero attached hydrogens (tertiary/aromatic N) is 4. The fraction of sp³-hybridized carbons (Fsp3) is 0.333. The maximum Gasteiger partial charge on any atom is 0.573 e. The van der Waals surface area contributed by atoms with Crippen molar-refractivity contribution in [3.05, 3.63) is 69.0 Å². The van der Waals surface area contributed by atoms with E-state index >= 15 is 0 Å². The second-order valence-corrected chi connectivity index (χ2v) is 6.03. The fourth-order valence-corrected chi connectivity index (χ4v) is 2.52. The predicted octanol–water partition coefficient (Wildman–Crippen LogP) is 4.02. The van der Waals surface area contributed by atoms with Gasteiger partial charge in [0.2, 0.25) is 5.91 Å². The van der Waals surface area contributed by atoms with Gasteiger partial charge in [0, 0.05) is 36.0 Å². The van der Waals surface area contributed by atoms with Crippen LogP contribution in [0.25, 0.3) is 10.4 Å². The molecule has 1 heterocycles. The van der Waals surface area contributed by atoms with Crippen molar-refractivity contribution in [1.29, 1.82) is 0 Å². The summed E-state index contributed by atoms with van der Waals surface area (Å²) >= 11 is 0. The van der Waals surface area contributed by atoms with Gasteiger partial charge in [-0.3, -0.25) is 9.59 Å². The van der Waals surface area contributed by atoms with Crippen molar-refractivity contribution < 1.29 is 22.7 Å². The lowest BCUT2D eigenvalue weighted by molar-refractivity contribution is -0.274. The van der Waals surface area contributed by atoms with Crippen LogP contribution < -0.4 is 15.6 Å². The van der Waals surface area contributed by atoms with Gasteiger partial charge in [-0.05, 0) is 42.1 Å². The van der Waals surface area contributed by atoms with Crippen LogP contribution in [0.15, 0.2) is 52.5 Å². The average Bonchev–Trinajstić information content (AvgIpc) is 2.62. The van der Waals surface area contributed by atoms with E-state index in [4.69, 9.17) is 5.53 Å². The number of ether oxygens (including phenoxy) is 1. The fourth-order valence-electron chi connectivity index (χ4n) is 2.52. The number of anilines is 1. The number of carbonyl (C=O) groups is 1. The van der Waals surface area contributed by atoms with Crippen molar-refractivity contribution in [3.8, 4) is 5.75 Å². The number of benzene rings is 1. The Labute approximate surface area is 163 Å². The van der Waals surface area contributed by atoms with Crippen molar-refractivity contribution in [2.75, 3.05) is 11.9 Å². The van der Waals surface area contributed by atoms with E-state index in [1.807, 2.05) is 0 Å². The first-order chi connectivity index (χ1) is 13.8. The molecule has 8 nitrogen and oxygen atoms in total. The van der Waals surface area contributed by atoms with E-state index in [9.17, 15) is 22.8 Å². The molecule has 0 atom stereocenters. The molecule has 0 spiro atoms. The number of halogens is 3. The number of hydrogen-bond acceptors (Lipinski definition) is 4. The maximum atomic E-state index is 12.3. The summed E-state index contributed by atoms with van der Waals surface area (Å²) in [6.45, 7) is 0.800. The Bertz CT molecular complexity index is 952. The first-order valence-electron chi connectivity index (χ1n) is 8.63. The molecule has 0 fully saturated rings. The van der Waals surface area contributed by atoms with Crippen LogP contribution in [-0.2, 0) is 17.8 Å². The third-order valence-corrected chi connectivity index (χ3v) is 3.75. The molecule has 1 aromatic carbocycles. The van der Waals surface area contributed by atoms with Gasteiger partial charge in [0.05, 0.1) is 6.42 Å². The van der Waals surface area contributed by atoms with Crippen LogP contribution in [0.1, 0.15) is 18.4 Å². The second-order valence-electron chi connectivity index (χ2n) is 6.03. The van der Waals surface area contributed by atoms with Crippen molar-refractivity contribution in [3.63, 3.8) is 0 Å². The molecule has 1 amide bonds. The highest BCUT2D eigenvalue weighted by Crippen LogP contribution is 2.23. The largest absolute Gasteiger partial charge is 0.573 e. The van der Waals surface area contributed by atoms with Gasteiger partial charge in [-0.25, -0.2) is 0 Å². The molecule has 1 aromatic heterocycles. The minimum atomic E-state index is -4.81. The normalized spacial score (nSPS) is 10.9. The first-order valence-corrected chi connectivity index (χ1v) is 8.63. The SMILES string of the molecule is [N-]=[N+]=NCCCCn1ccc(NC(=O)Cc2cccc(OC(F)(F)F)c2)cc1=O. The number of alkyl halides is 3. The third-order valence-electron chi connectivity index (χ3n) is 3.75. The van der Waals surface area contributed by atoms with Gasteiger partial charge in [0.15, 0.2) is 0 Å². The lowest BCUT2D eigenvalue weighted by atomic mass is 10.1. The number of carbonyl (C=O) groups excluding carboxylic acids is 1. The van der Waals surface area contributed by atoms with Crippen LogP contribution in [0.5, 0.6) is 5.75 Å². The summed E-state index contributed by atoms with van der Waals surface area (Å²) in [6.07, 6.45) is -2.16. The van der Waals surface area contributed by atoms with E-state index in [0.29, 0.717) is 31.5 Å². The van der Waals surface area contributed by atoms with Gasteiger partial charge in [0.1, 0.15) is 5.75 Å². The molecule has 0 aliphatic heterocycles. The van der Waals surface area contributed by atoms with Crippen LogP contribution >= 0.6 is 0 Å². The van der Waals surface area contributed by atoms with Gasteiger partial charge in [-0.1, -0.05) is 17.2 Å². The molecular weight excluding hydrogens is 391 g/mol. The summed E-state index contributed by atoms with van der Waals surface area (Å²) in [7, 11) is 0. The van der Waals surface area contributed by atoms with E-state index in [0.717, 1.165) is 12.1 Å². The topological polar surface area (TPSA) is 109 Å². The number of nitrogens with one attached hydrogen (secondary N) is 1. The van der Waals surface area contributed by atoms with Gasteiger partial charge < -0.3 is 14.6 Å². The number of aryl methyl sites for hydroxylation is 1. The number of pyridine rings is 1. The minimum absolute atomic E-state index is 0.183. The standard InChI is InChI=1S/C18H18F3N5O3/c19-18(20,21)29-15-5-3-4-13(10-15)11-16(27)24-14-6-9-26(17(28)12-14)8-2-1-7-23-25-22/h3-6,9-10,12H,1-2,7-8,11H2,(H,24,27). The molecule has 0 radical (unpaired) electrons. The van der Waals surface area contributed by atoms with Crippen LogP contribution in [0, 0.1) is 0 Å². The zero-order valence-electron chi connectivity index (χ0n) is 15.2. The second kappa shape index (κ2) is 10.2. The summed E-state index contributed by atoms with van der Waals surface area (Å²) in [6, 6.07) is 7.93. The minimum Gasteiger partial charge on any atom is -0.406 e. The van der Waals surface area contributed by atoms with Crippen molar-refractivity contribution in [2.45, 2.75) is 32.2 Å². The third kappa shape index (κ3) is 7.97. The monoisotopic (exact) mass is 409 g/mol. The molecule has 2 aromatic rings. The molecule has 2 rings (SSSR count). The van der Waals surface area contributed by atoms with E-state index in [-0.39, 0.29) is 17.7 Å². The smallest absolute Gasteiger partial charge is 0.406 e. The highest BCUT2D eigenvalue weighted by Gasteiger charge is 2.31. The van der Waals surface area contributed by atoms with Gasteiger partial charge >= 0.3 is 6.36 Å². The Morgan fingerprint density at radius 2 is 2.03 bits per heavy atom. The van der Waals surface area contributed by atoms with E-state index < -0.39 is 18.0 Å². The summed E-state index contributed by atoms with van der Waals surface area (Å²) in [5.74, 6) is -0.897. The first kappa shape index (κ1) is 21.8. The molecule has 11 heteroatoms. The maximum absolute atomic E-state index is 12.3. The molecule has 0 unspecified atom stereocenters. The molecule has 154 valence electrons. The van der Waals surface area contributed by atoms with Crippen molar-refractivity contribution in [2.24, 2.45) is 5.11 Å². The number of unbranched alkanes of at least 4 members (excludes halogenated alkanes) is 1. The van der Waals surface area contributed by atoms with Crippen LogP contribution in [-0.4, -0.2) is 23.4 Å². The molecule has 0 saturated heterocycles. The van der Waals surface area contributed by atoms with Crippen molar-refractivity contribution in [1.82, 2.24) is 4.57 Å². The Kier molecular flexibility index (Phi) is 7.67. The van der Waals surface area contributed by atoms with E-state index in [1.54, 1.807) is 6.07 Å². The molecular formula is C18H18F3N5O3. The average molecular weight is 409 g/mol. The number of aromatic nitrogens is 1. The summed E-state index contributed by atoms with van der Waals surface area (Å²) in [4.78, 5) is 26.9. The zero-order chi connectivity index (χ0) is 21.3. The Morgan fingerprint density at radius 1 is 1.24 bits per heavy atom. The summed E-state index contributed by atoms with van der Waals surface area (Å²) in [5.41, 5.74) is 8.50. The lowest BCUT2D eigenvalue weighted by Crippen LogP contribution is -2.21. The van der Waals surface area contributed by atoms with Crippen LogP contribution in [0.2, 0.25) is 0 Å². The van der Waals surface area contributed by atoms with Crippen molar-refractivity contribution >= 4 is 11.6 Å². The zero-order valence-corrected chi connectivity index (χ0v) is 15.2. The highest BCUT2D eigenvalue weighted by molar-refractivity contribution is 5.92. The molecule has 0 aliphatic rings. The molecule has 1 N–H and O–H groups in total. The van der Waals surface area contributed by atoms with Gasteiger partial charge in [-0.15, -0.1) is 13.2 Å². The summed E-state index contributed by atoms with van der Waals surface area (Å²) in [5, 5.41) is 5.95. The molecule has 0 bridgehead atoms. The Morgan fingerprint density at radius 3 is 2.72 bits per heavy atom. The van der Waals surface area contributed by atoms with Crippen LogP contribution in [0.4, 0.5) is 18.9 Å². The number of rotatable bonds is 9. The van der Waals surface area contributed by atoms with Gasteiger partial charge in [0.25, 0.3) is 5.56 Å². The quantitative estimate of drug-likeness (QED) is 0.292. The number of azide groups is 1. The molecule has 0 saturated carbocycles. The molecule has 29 heavy (non-hydrogen) atoms. The summed E-state index contributed by atoms with van der Waals surface area (Å²) < 4.78 is 42.1. The van der Waals surface area contributed by atoms with Crippen LogP contribution in [0.3, 0.4) is 0 Å². The Hall–Kier alpha value is -3.46. The highest BCUT2D eigenvalue weighted by atomic mass is 19.4. The predicted molar refractivity (Wildman–Crippen MR) is 99.4 cm³/mol. The lowest BCUT2D eigenvalue weighted by Gasteiger charge is -2.10. The Balaban J connectivity index is 1.92. The van der Waals surface area contributed by atoms with E-state index in [2.05, 4.69) is 20.1 Å². The molecule has 0 aliphatic carbocycles. The number of amides is 1. The van der Waals surface area contributed by atoms with E-state index in [1.165, 1.54) is 29.0 Å².